The van der Waals surface area contributed by atoms with Gasteiger partial charge in [0.2, 0.25) is 0 Å². The summed E-state index contributed by atoms with van der Waals surface area (Å²) in [6.07, 6.45) is 3.60. The van der Waals surface area contributed by atoms with Crippen LogP contribution in [0.2, 0.25) is 0 Å². The monoisotopic (exact) mass is 395 g/mol. The second-order valence-electron chi connectivity index (χ2n) is 7.45. The molecule has 0 spiro atoms. The Hall–Kier alpha value is -2.69. The van der Waals surface area contributed by atoms with Crippen molar-refractivity contribution in [3.05, 3.63) is 121 Å². The van der Waals surface area contributed by atoms with Crippen molar-refractivity contribution in [2.45, 2.75) is 26.2 Å². The van der Waals surface area contributed by atoms with E-state index in [4.69, 9.17) is 0 Å². The molecule has 0 atom stereocenters. The van der Waals surface area contributed by atoms with Crippen molar-refractivity contribution in [3.63, 3.8) is 0 Å². The summed E-state index contributed by atoms with van der Waals surface area (Å²) in [5, 5.41) is 5.66. The molecule has 0 nitrogen and oxygen atoms in total. The highest BCUT2D eigenvalue weighted by atomic mass is 31.2. The molecule has 0 aromatic heterocycles. The summed E-state index contributed by atoms with van der Waals surface area (Å²) < 4.78 is 0. The van der Waals surface area contributed by atoms with Crippen LogP contribution in [-0.2, 0) is 6.42 Å². The summed E-state index contributed by atoms with van der Waals surface area (Å²) in [7, 11) is -1.96. The molecule has 1 heteroatoms. The lowest BCUT2D eigenvalue weighted by molar-refractivity contribution is 0.795. The van der Waals surface area contributed by atoms with Gasteiger partial charge in [0, 0.05) is 0 Å². The Kier molecular flexibility index (Phi) is 6.23. The van der Waals surface area contributed by atoms with E-state index in [1.54, 1.807) is 0 Å². The van der Waals surface area contributed by atoms with Crippen LogP contribution in [0.5, 0.6) is 0 Å². The lowest BCUT2D eigenvalue weighted by atomic mass is 10.1. The molecular weight excluding hydrogens is 367 g/mol. The van der Waals surface area contributed by atoms with E-state index < -0.39 is 7.26 Å². The maximum atomic E-state index is 2.47. The van der Waals surface area contributed by atoms with Crippen molar-refractivity contribution >= 4 is 28.5 Å². The summed E-state index contributed by atoms with van der Waals surface area (Å²) in [6.45, 7) is 2.26. The zero-order valence-electron chi connectivity index (χ0n) is 17.0. The number of aryl methyl sites for hydroxylation is 1. The Morgan fingerprint density at radius 2 is 0.966 bits per heavy atom. The predicted molar refractivity (Wildman–Crippen MR) is 130 cm³/mol. The molecule has 0 unspecified atom stereocenters. The number of hydrogen-bond acceptors (Lipinski definition) is 0. The van der Waals surface area contributed by atoms with Gasteiger partial charge in [0.1, 0.15) is 28.5 Å². The van der Waals surface area contributed by atoms with Gasteiger partial charge in [0.15, 0.2) is 0 Å². The first-order valence-corrected chi connectivity index (χ1v) is 12.3. The number of benzene rings is 4. The Balaban J connectivity index is 2.04. The van der Waals surface area contributed by atoms with Crippen molar-refractivity contribution in [2.24, 2.45) is 0 Å². The molecule has 0 aliphatic heterocycles. The van der Waals surface area contributed by atoms with Crippen LogP contribution in [0.4, 0.5) is 0 Å². The molecule has 0 amide bonds. The smallest absolute Gasteiger partial charge is 0.0654 e. The summed E-state index contributed by atoms with van der Waals surface area (Å²) in [5.41, 5.74) is 1.44. The fourth-order valence-corrected chi connectivity index (χ4v) is 8.47. The largest absolute Gasteiger partial charge is 0.144 e. The van der Waals surface area contributed by atoms with Crippen LogP contribution in [0.25, 0.3) is 0 Å². The van der Waals surface area contributed by atoms with Gasteiger partial charge in [0.05, 0.1) is 0 Å². The van der Waals surface area contributed by atoms with Crippen LogP contribution in [0.1, 0.15) is 25.3 Å². The maximum Gasteiger partial charge on any atom is 0.144 e. The lowest BCUT2D eigenvalue weighted by Crippen LogP contribution is -2.38. The Labute approximate surface area is 175 Å². The van der Waals surface area contributed by atoms with Crippen LogP contribution in [0.3, 0.4) is 0 Å². The number of rotatable bonds is 7. The van der Waals surface area contributed by atoms with Gasteiger partial charge in [-0.15, -0.1) is 0 Å². The molecular formula is C28H28P+. The zero-order valence-corrected chi connectivity index (χ0v) is 17.9. The molecule has 0 radical (unpaired) electrons. The zero-order chi connectivity index (χ0) is 19.9. The second-order valence-corrected chi connectivity index (χ2v) is 10.9. The molecule has 0 saturated heterocycles. The average Bonchev–Trinajstić information content (AvgIpc) is 2.81. The van der Waals surface area contributed by atoms with Gasteiger partial charge in [0.25, 0.3) is 0 Å². The van der Waals surface area contributed by atoms with E-state index in [1.165, 1.54) is 39.6 Å². The summed E-state index contributed by atoms with van der Waals surface area (Å²) >= 11 is 0. The molecule has 144 valence electrons. The first-order valence-electron chi connectivity index (χ1n) is 10.5. The first-order chi connectivity index (χ1) is 14.4. The molecule has 0 bridgehead atoms. The molecule has 0 aliphatic rings. The van der Waals surface area contributed by atoms with Gasteiger partial charge >= 0.3 is 0 Å². The van der Waals surface area contributed by atoms with E-state index in [2.05, 4.69) is 122 Å². The quantitative estimate of drug-likeness (QED) is 0.355. The highest BCUT2D eigenvalue weighted by molar-refractivity contribution is 8.01. The van der Waals surface area contributed by atoms with Crippen molar-refractivity contribution in [1.29, 1.82) is 0 Å². The van der Waals surface area contributed by atoms with Crippen molar-refractivity contribution in [1.82, 2.24) is 0 Å². The van der Waals surface area contributed by atoms with Crippen LogP contribution >= 0.6 is 7.26 Å². The van der Waals surface area contributed by atoms with E-state index in [0.29, 0.717) is 0 Å². The highest BCUT2D eigenvalue weighted by Crippen LogP contribution is 2.54. The summed E-state index contributed by atoms with van der Waals surface area (Å²) in [4.78, 5) is 0. The topological polar surface area (TPSA) is 0 Å². The Morgan fingerprint density at radius 3 is 1.41 bits per heavy atom. The fraction of sp³-hybridized carbons (Fsp3) is 0.143. The standard InChI is InChI=1S/C28H28P/c1-2-3-14-24-15-13-22-28(23-24)29(25-16-7-4-8-17-25,26-18-9-5-10-19-26)27-20-11-6-12-21-27/h4-13,15-23H,2-3,14H2,1H3/q+1. The van der Waals surface area contributed by atoms with E-state index in [1.807, 2.05) is 0 Å². The van der Waals surface area contributed by atoms with Gasteiger partial charge in [-0.05, 0) is 66.9 Å². The third kappa shape index (κ3) is 3.91. The predicted octanol–water partition coefficient (Wildman–Crippen LogP) is 5.65. The first kappa shape index (κ1) is 19.6. The number of unbranched alkanes of at least 4 members (excludes halogenated alkanes) is 1. The minimum absolute atomic E-state index is 1.14. The van der Waals surface area contributed by atoms with E-state index >= 15 is 0 Å². The molecule has 0 aliphatic carbocycles. The lowest BCUT2D eigenvalue weighted by Gasteiger charge is -2.28. The molecule has 0 N–H and O–H groups in total. The molecule has 0 heterocycles. The molecule has 0 fully saturated rings. The average molecular weight is 396 g/mol. The van der Waals surface area contributed by atoms with Crippen LogP contribution in [0, 0.1) is 0 Å². The highest BCUT2D eigenvalue weighted by Gasteiger charge is 2.47. The second kappa shape index (κ2) is 9.21. The molecule has 4 rings (SSSR count). The minimum atomic E-state index is -1.96. The van der Waals surface area contributed by atoms with Gasteiger partial charge in [-0.25, -0.2) is 0 Å². The van der Waals surface area contributed by atoms with E-state index in [0.717, 1.165) is 6.42 Å². The summed E-state index contributed by atoms with van der Waals surface area (Å²) in [5.74, 6) is 0. The molecule has 4 aromatic carbocycles. The molecule has 4 aromatic rings. The van der Waals surface area contributed by atoms with Crippen molar-refractivity contribution in [3.8, 4) is 0 Å². The normalized spacial score (nSPS) is 11.3. The SMILES string of the molecule is CCCCc1cccc([P+](c2ccccc2)(c2ccccc2)c2ccccc2)c1. The number of hydrogen-bond donors (Lipinski definition) is 0. The van der Waals surface area contributed by atoms with E-state index in [-0.39, 0.29) is 0 Å². The van der Waals surface area contributed by atoms with Gasteiger partial charge in [-0.3, -0.25) is 0 Å². The third-order valence-corrected chi connectivity index (χ3v) is 9.82. The maximum absolute atomic E-state index is 2.47. The summed E-state index contributed by atoms with van der Waals surface area (Å²) in [6, 6.07) is 42.6. The van der Waals surface area contributed by atoms with E-state index in [9.17, 15) is 0 Å². The Morgan fingerprint density at radius 1 is 0.517 bits per heavy atom. The van der Waals surface area contributed by atoms with Crippen LogP contribution in [0.15, 0.2) is 115 Å². The van der Waals surface area contributed by atoms with Crippen LogP contribution in [-0.4, -0.2) is 0 Å². The van der Waals surface area contributed by atoms with Crippen molar-refractivity contribution < 1.29 is 0 Å². The Bertz CT molecular complexity index is 927. The molecule has 29 heavy (non-hydrogen) atoms. The van der Waals surface area contributed by atoms with Crippen molar-refractivity contribution in [2.75, 3.05) is 0 Å². The fourth-order valence-electron chi connectivity index (χ4n) is 4.15. The third-order valence-electron chi connectivity index (χ3n) is 5.55. The van der Waals surface area contributed by atoms with Gasteiger partial charge < -0.3 is 0 Å². The van der Waals surface area contributed by atoms with Crippen LogP contribution < -0.4 is 21.2 Å². The molecule has 0 saturated carbocycles. The van der Waals surface area contributed by atoms with Gasteiger partial charge in [-0.1, -0.05) is 80.1 Å². The van der Waals surface area contributed by atoms with Gasteiger partial charge in [-0.2, -0.15) is 0 Å². The minimum Gasteiger partial charge on any atom is -0.0654 e.